The van der Waals surface area contributed by atoms with Crippen LogP contribution in [0.4, 0.5) is 0 Å². The monoisotopic (exact) mass is 232 g/mol. The molecule has 2 nitrogen and oxygen atoms in total. The van der Waals surface area contributed by atoms with Gasteiger partial charge in [-0.15, -0.1) is 13.2 Å². The minimum atomic E-state index is -1.31. The molecule has 0 aliphatic carbocycles. The number of allylic oxidation sites excluding steroid dienone is 2. The lowest BCUT2D eigenvalue weighted by Gasteiger charge is -2.38. The van der Waals surface area contributed by atoms with Crippen LogP contribution in [0.25, 0.3) is 0 Å². The summed E-state index contributed by atoms with van der Waals surface area (Å²) in [7, 11) is 0.418. The fourth-order valence-electron chi connectivity index (χ4n) is 1.35. The number of hydrogen-bond acceptors (Lipinski definition) is 2. The normalized spacial score (nSPS) is 17.1. The second-order valence-electron chi connectivity index (χ2n) is 3.48. The molecule has 1 unspecified atom stereocenters. The molecule has 0 bridgehead atoms. The van der Waals surface area contributed by atoms with Crippen LogP contribution in [0.15, 0.2) is 25.3 Å². The van der Waals surface area contributed by atoms with Gasteiger partial charge in [-0.1, -0.05) is 12.2 Å². The maximum atomic E-state index is 5.64. The first-order valence-corrected chi connectivity index (χ1v) is 7.39. The fraction of sp³-hybridized carbons (Fsp3) is 0.667. The third-order valence-corrected chi connectivity index (χ3v) is 4.85. The van der Waals surface area contributed by atoms with Crippen LogP contribution in [0.5, 0.6) is 0 Å². The third kappa shape index (κ3) is 6.03. The summed E-state index contributed by atoms with van der Waals surface area (Å²) in [4.78, 5) is 0. The Balaban J connectivity index is 3.89. The van der Waals surface area contributed by atoms with Crippen molar-refractivity contribution in [1.29, 1.82) is 0 Å². The minimum Gasteiger partial charge on any atom is -0.288 e. The molecule has 15 heavy (non-hydrogen) atoms. The van der Waals surface area contributed by atoms with Crippen molar-refractivity contribution in [2.45, 2.75) is 19.8 Å². The summed E-state index contributed by atoms with van der Waals surface area (Å²) in [6, 6.07) is 0. The molecule has 0 aromatic heterocycles. The zero-order valence-corrected chi connectivity index (χ0v) is 11.0. The van der Waals surface area contributed by atoms with Gasteiger partial charge in [-0.2, -0.15) is 10.6 Å². The van der Waals surface area contributed by atoms with Crippen molar-refractivity contribution < 1.29 is 8.37 Å². The van der Waals surface area contributed by atoms with Gasteiger partial charge in [0.2, 0.25) is 0 Å². The van der Waals surface area contributed by atoms with Gasteiger partial charge in [-0.3, -0.25) is 8.37 Å². The van der Waals surface area contributed by atoms with Gasteiger partial charge in [0, 0.05) is 12.0 Å². The third-order valence-electron chi connectivity index (χ3n) is 2.38. The lowest BCUT2D eigenvalue weighted by atomic mass is 10.1. The van der Waals surface area contributed by atoms with E-state index in [4.69, 9.17) is 8.37 Å². The second kappa shape index (κ2) is 7.97. The molecule has 0 saturated heterocycles. The Bertz CT molecular complexity index is 186. The Hall–Kier alpha value is -0.250. The summed E-state index contributed by atoms with van der Waals surface area (Å²) in [6.45, 7) is 10.3. The van der Waals surface area contributed by atoms with E-state index in [1.165, 1.54) is 0 Å². The first-order valence-electron chi connectivity index (χ1n) is 5.33. The molecule has 0 N–H and O–H groups in total. The topological polar surface area (TPSA) is 18.5 Å². The van der Waals surface area contributed by atoms with Gasteiger partial charge in [0.15, 0.2) is 0 Å². The van der Waals surface area contributed by atoms with Gasteiger partial charge in [-0.25, -0.2) is 0 Å². The summed E-state index contributed by atoms with van der Waals surface area (Å²) >= 11 is 0. The van der Waals surface area contributed by atoms with Crippen molar-refractivity contribution in [1.82, 2.24) is 0 Å². The SMILES string of the molecule is C=CC(C=C)CCCS(C)(OC)OCC. The first-order chi connectivity index (χ1) is 7.11. The van der Waals surface area contributed by atoms with Crippen molar-refractivity contribution in [2.24, 2.45) is 5.92 Å². The Morgan fingerprint density at radius 3 is 2.33 bits per heavy atom. The molecule has 0 heterocycles. The fourth-order valence-corrected chi connectivity index (χ4v) is 2.92. The molecule has 3 heteroatoms. The van der Waals surface area contributed by atoms with E-state index in [1.807, 2.05) is 19.1 Å². The maximum Gasteiger partial charge on any atom is 0.0685 e. The lowest BCUT2D eigenvalue weighted by Crippen LogP contribution is -2.10. The molecule has 0 fully saturated rings. The van der Waals surface area contributed by atoms with E-state index in [0.717, 1.165) is 18.6 Å². The van der Waals surface area contributed by atoms with Crippen molar-refractivity contribution in [3.63, 3.8) is 0 Å². The molecule has 0 amide bonds. The second-order valence-corrected chi connectivity index (χ2v) is 6.31. The molecule has 90 valence electrons. The Labute approximate surface area is 96.1 Å². The van der Waals surface area contributed by atoms with E-state index in [1.54, 1.807) is 7.11 Å². The zero-order valence-electron chi connectivity index (χ0n) is 10.2. The van der Waals surface area contributed by atoms with Crippen LogP contribution in [0, 0.1) is 5.92 Å². The Morgan fingerprint density at radius 1 is 1.33 bits per heavy atom. The van der Waals surface area contributed by atoms with E-state index in [-0.39, 0.29) is 0 Å². The van der Waals surface area contributed by atoms with Crippen LogP contribution in [0.3, 0.4) is 0 Å². The van der Waals surface area contributed by atoms with Crippen LogP contribution in [-0.2, 0) is 8.37 Å². The van der Waals surface area contributed by atoms with E-state index in [0.29, 0.717) is 12.5 Å². The number of hydrogen-bond donors (Lipinski definition) is 0. The van der Waals surface area contributed by atoms with Crippen LogP contribution in [-0.4, -0.2) is 25.7 Å². The van der Waals surface area contributed by atoms with Crippen LogP contribution in [0.1, 0.15) is 19.8 Å². The average molecular weight is 232 g/mol. The van der Waals surface area contributed by atoms with Gasteiger partial charge in [-0.05, 0) is 25.7 Å². The summed E-state index contributed by atoms with van der Waals surface area (Å²) in [6.07, 6.45) is 8.10. The molecular formula is C12H24O2S. The van der Waals surface area contributed by atoms with Gasteiger partial charge in [0.05, 0.1) is 13.7 Å². The Kier molecular flexibility index (Phi) is 7.83. The minimum absolute atomic E-state index is 0.409. The molecule has 0 radical (unpaired) electrons. The molecule has 0 spiro atoms. The average Bonchev–Trinajstić information content (AvgIpc) is 2.25. The van der Waals surface area contributed by atoms with Gasteiger partial charge in [0.25, 0.3) is 0 Å². The van der Waals surface area contributed by atoms with Crippen LogP contribution in [0.2, 0.25) is 0 Å². The summed E-state index contributed by atoms with van der Waals surface area (Å²) < 4.78 is 11.1. The standard InChI is InChI=1S/C12H24O2S/c1-6-12(7-2)10-9-11-15(5,13-4)14-8-3/h6-7,12H,1-2,8-11H2,3-5H3. The molecule has 0 saturated carbocycles. The van der Waals surface area contributed by atoms with Crippen molar-refractivity contribution >= 4 is 10.6 Å². The molecule has 1 atom stereocenters. The van der Waals surface area contributed by atoms with Gasteiger partial charge in [0.1, 0.15) is 0 Å². The lowest BCUT2D eigenvalue weighted by molar-refractivity contribution is 0.307. The smallest absolute Gasteiger partial charge is 0.0685 e. The molecular weight excluding hydrogens is 208 g/mol. The van der Waals surface area contributed by atoms with Gasteiger partial charge >= 0.3 is 0 Å². The highest BCUT2D eigenvalue weighted by Gasteiger charge is 2.12. The molecule has 0 aliphatic heterocycles. The van der Waals surface area contributed by atoms with E-state index in [2.05, 4.69) is 19.4 Å². The van der Waals surface area contributed by atoms with Crippen LogP contribution < -0.4 is 0 Å². The molecule has 0 aromatic carbocycles. The van der Waals surface area contributed by atoms with Gasteiger partial charge < -0.3 is 0 Å². The Morgan fingerprint density at radius 2 is 1.93 bits per heavy atom. The predicted octanol–water partition coefficient (Wildman–Crippen LogP) is 3.70. The summed E-state index contributed by atoms with van der Waals surface area (Å²) in [5.41, 5.74) is 0. The molecule has 0 aliphatic rings. The largest absolute Gasteiger partial charge is 0.288 e. The molecule has 0 aromatic rings. The highest BCUT2D eigenvalue weighted by Crippen LogP contribution is 2.46. The highest BCUT2D eigenvalue weighted by molar-refractivity contribution is 8.25. The van der Waals surface area contributed by atoms with Crippen LogP contribution >= 0.6 is 10.6 Å². The highest BCUT2D eigenvalue weighted by atomic mass is 32.3. The summed E-state index contributed by atoms with van der Waals surface area (Å²) in [5, 5.41) is 0. The predicted molar refractivity (Wildman–Crippen MR) is 70.1 cm³/mol. The zero-order chi connectivity index (χ0) is 11.7. The molecule has 0 rings (SSSR count). The van der Waals surface area contributed by atoms with E-state index < -0.39 is 10.6 Å². The van der Waals surface area contributed by atoms with E-state index in [9.17, 15) is 0 Å². The van der Waals surface area contributed by atoms with Crippen molar-refractivity contribution in [2.75, 3.05) is 25.7 Å². The summed E-state index contributed by atoms with van der Waals surface area (Å²) in [5.74, 6) is 1.39. The maximum absolute atomic E-state index is 5.64. The quantitative estimate of drug-likeness (QED) is 0.564. The first kappa shape index (κ1) is 14.8. The number of rotatable bonds is 9. The van der Waals surface area contributed by atoms with E-state index >= 15 is 0 Å². The van der Waals surface area contributed by atoms with Crippen molar-refractivity contribution in [3.8, 4) is 0 Å². The van der Waals surface area contributed by atoms with Crippen molar-refractivity contribution in [3.05, 3.63) is 25.3 Å².